The molecule has 24 heavy (non-hydrogen) atoms. The Labute approximate surface area is 142 Å². The van der Waals surface area contributed by atoms with Gasteiger partial charge in [-0.15, -0.1) is 0 Å². The highest BCUT2D eigenvalue weighted by Crippen LogP contribution is 2.28. The van der Waals surface area contributed by atoms with E-state index >= 15 is 0 Å². The second-order valence-electron chi connectivity index (χ2n) is 5.76. The molecule has 1 unspecified atom stereocenters. The Morgan fingerprint density at radius 2 is 2.08 bits per heavy atom. The van der Waals surface area contributed by atoms with Crippen LogP contribution in [0.2, 0.25) is 0 Å². The smallest absolute Gasteiger partial charge is 0.322 e. The average molecular weight is 347 g/mol. The molecule has 0 radical (unpaired) electrons. The second kappa shape index (κ2) is 6.20. The SMILES string of the molecule is CSCc1c(C(=O)NCC2(C)NC(=O)NC2=O)oc2ccccc12. The Bertz CT molecular complexity index is 832. The third kappa shape index (κ3) is 2.84. The van der Waals surface area contributed by atoms with Gasteiger partial charge in [-0.25, -0.2) is 4.79 Å². The third-order valence-corrected chi connectivity index (χ3v) is 4.49. The topological polar surface area (TPSA) is 100 Å². The zero-order valence-corrected chi connectivity index (χ0v) is 14.1. The van der Waals surface area contributed by atoms with Gasteiger partial charge in [-0.2, -0.15) is 11.8 Å². The number of imide groups is 1. The van der Waals surface area contributed by atoms with Crippen LogP contribution in [0.5, 0.6) is 0 Å². The van der Waals surface area contributed by atoms with Crippen molar-refractivity contribution in [1.82, 2.24) is 16.0 Å². The van der Waals surface area contributed by atoms with Gasteiger partial charge in [0, 0.05) is 23.2 Å². The highest BCUT2D eigenvalue weighted by molar-refractivity contribution is 7.97. The van der Waals surface area contributed by atoms with Crippen LogP contribution < -0.4 is 16.0 Å². The molecule has 0 bridgehead atoms. The van der Waals surface area contributed by atoms with Gasteiger partial charge in [-0.05, 0) is 19.2 Å². The maximum atomic E-state index is 12.5. The van der Waals surface area contributed by atoms with Crippen molar-refractivity contribution in [2.45, 2.75) is 18.2 Å². The summed E-state index contributed by atoms with van der Waals surface area (Å²) < 4.78 is 5.70. The summed E-state index contributed by atoms with van der Waals surface area (Å²) in [6.07, 6.45) is 1.95. The van der Waals surface area contributed by atoms with Gasteiger partial charge in [0.05, 0.1) is 0 Å². The third-order valence-electron chi connectivity index (χ3n) is 3.91. The summed E-state index contributed by atoms with van der Waals surface area (Å²) in [4.78, 5) is 35.6. The molecule has 2 aromatic rings. The number of benzene rings is 1. The van der Waals surface area contributed by atoms with Gasteiger partial charge in [0.1, 0.15) is 11.1 Å². The van der Waals surface area contributed by atoms with E-state index < -0.39 is 23.4 Å². The van der Waals surface area contributed by atoms with E-state index in [1.54, 1.807) is 18.7 Å². The van der Waals surface area contributed by atoms with Gasteiger partial charge in [-0.1, -0.05) is 18.2 Å². The maximum Gasteiger partial charge on any atom is 0.322 e. The van der Waals surface area contributed by atoms with Crippen molar-refractivity contribution >= 4 is 40.6 Å². The van der Waals surface area contributed by atoms with Crippen LogP contribution in [0.4, 0.5) is 4.79 Å². The summed E-state index contributed by atoms with van der Waals surface area (Å²) in [5, 5.41) is 8.23. The van der Waals surface area contributed by atoms with E-state index in [1.807, 2.05) is 30.5 Å². The first-order valence-corrected chi connectivity index (χ1v) is 8.75. The molecule has 8 heteroatoms. The predicted molar refractivity (Wildman–Crippen MR) is 90.8 cm³/mol. The van der Waals surface area contributed by atoms with E-state index in [0.717, 1.165) is 10.9 Å². The molecular formula is C16H17N3O4S. The van der Waals surface area contributed by atoms with E-state index in [1.165, 1.54) is 0 Å². The molecular weight excluding hydrogens is 330 g/mol. The minimum absolute atomic E-state index is 0.0286. The zero-order chi connectivity index (χ0) is 17.3. The average Bonchev–Trinajstić information content (AvgIpc) is 3.04. The van der Waals surface area contributed by atoms with E-state index in [4.69, 9.17) is 4.42 Å². The first kappa shape index (κ1) is 16.4. The molecule has 1 aliphatic rings. The summed E-state index contributed by atoms with van der Waals surface area (Å²) in [5.74, 6) is -0.0140. The van der Waals surface area contributed by atoms with Crippen molar-refractivity contribution in [3.05, 3.63) is 35.6 Å². The van der Waals surface area contributed by atoms with Gasteiger partial charge in [0.15, 0.2) is 5.76 Å². The normalized spacial score (nSPS) is 20.1. The number of furan rings is 1. The number of carbonyl (C=O) groups excluding carboxylic acids is 3. The molecule has 3 rings (SSSR count). The van der Waals surface area contributed by atoms with Gasteiger partial charge < -0.3 is 15.1 Å². The molecule has 1 aromatic heterocycles. The van der Waals surface area contributed by atoms with Gasteiger partial charge in [0.25, 0.3) is 11.8 Å². The number of urea groups is 1. The van der Waals surface area contributed by atoms with Crippen LogP contribution in [-0.4, -0.2) is 36.2 Å². The van der Waals surface area contributed by atoms with E-state index in [2.05, 4.69) is 16.0 Å². The molecule has 4 amide bonds. The number of thioether (sulfide) groups is 1. The number of nitrogens with one attached hydrogen (secondary N) is 3. The second-order valence-corrected chi connectivity index (χ2v) is 6.63. The van der Waals surface area contributed by atoms with Crippen molar-refractivity contribution in [1.29, 1.82) is 0 Å². The molecule has 1 fully saturated rings. The largest absolute Gasteiger partial charge is 0.451 e. The van der Waals surface area contributed by atoms with Crippen LogP contribution in [0, 0.1) is 0 Å². The molecule has 0 aliphatic carbocycles. The minimum atomic E-state index is -1.17. The lowest BCUT2D eigenvalue weighted by Crippen LogP contribution is -2.52. The molecule has 1 atom stereocenters. The number of para-hydroxylation sites is 1. The molecule has 0 saturated carbocycles. The van der Waals surface area contributed by atoms with Gasteiger partial charge in [0.2, 0.25) is 0 Å². The Morgan fingerprint density at radius 3 is 2.75 bits per heavy atom. The Hall–Kier alpha value is -2.48. The fraction of sp³-hybridized carbons (Fsp3) is 0.312. The van der Waals surface area contributed by atoms with Crippen molar-refractivity contribution in [2.24, 2.45) is 0 Å². The van der Waals surface area contributed by atoms with Crippen molar-refractivity contribution in [3.8, 4) is 0 Å². The number of amides is 4. The first-order valence-electron chi connectivity index (χ1n) is 7.36. The Morgan fingerprint density at radius 1 is 1.33 bits per heavy atom. The minimum Gasteiger partial charge on any atom is -0.451 e. The molecule has 1 aromatic carbocycles. The molecule has 0 spiro atoms. The molecule has 1 aliphatic heterocycles. The lowest BCUT2D eigenvalue weighted by Gasteiger charge is -2.20. The fourth-order valence-electron chi connectivity index (χ4n) is 2.61. The molecule has 3 N–H and O–H groups in total. The Balaban J connectivity index is 1.82. The predicted octanol–water partition coefficient (Wildman–Crippen LogP) is 1.62. The van der Waals surface area contributed by atoms with Crippen LogP contribution in [0.15, 0.2) is 28.7 Å². The van der Waals surface area contributed by atoms with Crippen LogP contribution in [0.3, 0.4) is 0 Å². The first-order chi connectivity index (χ1) is 11.4. The zero-order valence-electron chi connectivity index (χ0n) is 13.3. The lowest BCUT2D eigenvalue weighted by molar-refractivity contribution is -0.123. The lowest BCUT2D eigenvalue weighted by atomic mass is 10.0. The molecule has 2 heterocycles. The van der Waals surface area contributed by atoms with Gasteiger partial charge >= 0.3 is 6.03 Å². The highest BCUT2D eigenvalue weighted by Gasteiger charge is 2.42. The van der Waals surface area contributed by atoms with E-state index in [0.29, 0.717) is 11.3 Å². The van der Waals surface area contributed by atoms with Crippen molar-refractivity contribution < 1.29 is 18.8 Å². The van der Waals surface area contributed by atoms with Crippen molar-refractivity contribution in [2.75, 3.05) is 12.8 Å². The van der Waals surface area contributed by atoms with E-state index in [-0.39, 0.29) is 12.3 Å². The molecule has 126 valence electrons. The van der Waals surface area contributed by atoms with Gasteiger partial charge in [-0.3, -0.25) is 14.9 Å². The molecule has 7 nitrogen and oxygen atoms in total. The standard InChI is InChI=1S/C16H17N3O4S/c1-16(14(21)18-15(22)19-16)8-17-13(20)12-10(7-24-2)9-5-3-4-6-11(9)23-12/h3-6H,7-8H2,1-2H3,(H,17,20)(H2,18,19,21,22). The summed E-state index contributed by atoms with van der Waals surface area (Å²) in [6, 6.07) is 6.89. The number of carbonyl (C=O) groups is 3. The summed E-state index contributed by atoms with van der Waals surface area (Å²) >= 11 is 1.59. The maximum absolute atomic E-state index is 12.5. The fourth-order valence-corrected chi connectivity index (χ4v) is 3.19. The quantitative estimate of drug-likeness (QED) is 0.714. The van der Waals surface area contributed by atoms with Crippen LogP contribution in [0.25, 0.3) is 11.0 Å². The number of rotatable bonds is 5. The van der Waals surface area contributed by atoms with Crippen LogP contribution in [-0.2, 0) is 10.5 Å². The molecule has 1 saturated heterocycles. The Kier molecular flexibility index (Phi) is 4.23. The van der Waals surface area contributed by atoms with Crippen molar-refractivity contribution in [3.63, 3.8) is 0 Å². The number of hydrogen-bond acceptors (Lipinski definition) is 5. The monoisotopic (exact) mass is 347 g/mol. The van der Waals surface area contributed by atoms with Crippen LogP contribution >= 0.6 is 11.8 Å². The van der Waals surface area contributed by atoms with E-state index in [9.17, 15) is 14.4 Å². The summed E-state index contributed by atoms with van der Waals surface area (Å²) in [7, 11) is 0. The highest BCUT2D eigenvalue weighted by atomic mass is 32.2. The van der Waals surface area contributed by atoms with Crippen LogP contribution in [0.1, 0.15) is 23.0 Å². The number of fused-ring (bicyclic) bond motifs is 1. The number of hydrogen-bond donors (Lipinski definition) is 3. The summed E-state index contributed by atoms with van der Waals surface area (Å²) in [5.41, 5.74) is 0.295. The summed E-state index contributed by atoms with van der Waals surface area (Å²) in [6.45, 7) is 1.52.